The Morgan fingerprint density at radius 3 is 1.53 bits per heavy atom. The Balaban J connectivity index is 1.37. The summed E-state index contributed by atoms with van der Waals surface area (Å²) in [7, 11) is 0. The molecule has 0 amide bonds. The second kappa shape index (κ2) is 16.1. The monoisotopic (exact) mass is 628 g/mol. The van der Waals surface area contributed by atoms with Crippen LogP contribution in [-0.4, -0.2) is 30.0 Å². The number of benzene rings is 5. The summed E-state index contributed by atoms with van der Waals surface area (Å²) < 4.78 is 26.8. The lowest BCUT2D eigenvalue weighted by Crippen LogP contribution is -2.62. The van der Waals surface area contributed by atoms with E-state index in [0.29, 0.717) is 39.5 Å². The predicted octanol–water partition coefficient (Wildman–Crippen LogP) is 8.18. The van der Waals surface area contributed by atoms with E-state index in [2.05, 4.69) is 42.5 Å². The Labute approximate surface area is 278 Å². The van der Waals surface area contributed by atoms with Gasteiger partial charge in [0.1, 0.15) is 17.8 Å². The number of rotatable bonds is 14. The molecule has 242 valence electrons. The van der Waals surface area contributed by atoms with E-state index >= 15 is 0 Å². The summed E-state index contributed by atoms with van der Waals surface area (Å²) in [6.45, 7) is 3.98. The van der Waals surface area contributed by atoms with Crippen LogP contribution in [0, 0.1) is 12.8 Å². The lowest BCUT2D eigenvalue weighted by molar-refractivity contribution is -0.261. The van der Waals surface area contributed by atoms with Gasteiger partial charge >= 0.3 is 0 Å². The van der Waals surface area contributed by atoms with E-state index in [1.54, 1.807) is 0 Å². The molecule has 1 unspecified atom stereocenters. The molecule has 5 atom stereocenters. The van der Waals surface area contributed by atoms with Crippen LogP contribution in [0.25, 0.3) is 0 Å². The van der Waals surface area contributed by atoms with Crippen molar-refractivity contribution in [2.45, 2.75) is 63.7 Å². The summed E-state index contributed by atoms with van der Waals surface area (Å²) in [6, 6.07) is 48.6. The molecule has 5 aromatic rings. The van der Waals surface area contributed by atoms with Gasteiger partial charge in [-0.1, -0.05) is 151 Å². The zero-order chi connectivity index (χ0) is 32.3. The summed E-state index contributed by atoms with van der Waals surface area (Å²) >= 11 is 0. The maximum atomic E-state index is 12.9. The third-order valence-electron chi connectivity index (χ3n) is 8.94. The topological polar surface area (TPSA) is 57.2 Å². The molecule has 0 spiro atoms. The van der Waals surface area contributed by atoms with Crippen molar-refractivity contribution in [1.29, 1.82) is 0 Å². The van der Waals surface area contributed by atoms with Crippen LogP contribution < -0.4 is 0 Å². The van der Waals surface area contributed by atoms with Crippen molar-refractivity contribution in [2.24, 2.45) is 5.92 Å². The normalized spacial score (nSPS) is 22.6. The molecule has 1 aliphatic carbocycles. The van der Waals surface area contributed by atoms with E-state index in [1.807, 2.05) is 110 Å². The fourth-order valence-corrected chi connectivity index (χ4v) is 6.54. The number of aliphatic hydroxyl groups is 1. The van der Waals surface area contributed by atoms with E-state index < -0.39 is 23.9 Å². The van der Waals surface area contributed by atoms with Gasteiger partial charge in [0.2, 0.25) is 0 Å². The maximum Gasteiger partial charge on any atom is 0.119 e. The molecule has 1 N–H and O–H groups in total. The molecule has 0 heterocycles. The number of hydrogen-bond acceptors (Lipinski definition) is 5. The summed E-state index contributed by atoms with van der Waals surface area (Å²) in [4.78, 5) is 0. The first kappa shape index (κ1) is 32.8. The van der Waals surface area contributed by atoms with Crippen molar-refractivity contribution in [3.8, 4) is 0 Å². The Kier molecular flexibility index (Phi) is 11.3. The zero-order valence-corrected chi connectivity index (χ0v) is 27.0. The zero-order valence-electron chi connectivity index (χ0n) is 27.0. The van der Waals surface area contributed by atoms with Gasteiger partial charge in [0.15, 0.2) is 0 Å². The quantitative estimate of drug-likeness (QED) is 0.134. The van der Waals surface area contributed by atoms with Gasteiger partial charge in [-0.15, -0.1) is 0 Å². The SMILES string of the molecule is Cc1cccc(C2(O)C[C@H](COCc3ccccc3)[C@@H](OCc3ccccc3)[C@H](OCc3ccccc3)[C@H]2OCc2ccccc2)c1. The Hall–Kier alpha value is -4.10. The van der Waals surface area contributed by atoms with Gasteiger partial charge in [-0.25, -0.2) is 0 Å². The minimum absolute atomic E-state index is 0.190. The molecule has 1 saturated carbocycles. The highest BCUT2D eigenvalue weighted by Gasteiger charge is 2.55. The third kappa shape index (κ3) is 8.63. The van der Waals surface area contributed by atoms with Crippen LogP contribution in [0.1, 0.15) is 39.8 Å². The van der Waals surface area contributed by atoms with Crippen molar-refractivity contribution >= 4 is 0 Å². The molecule has 0 aromatic heterocycles. The fourth-order valence-electron chi connectivity index (χ4n) is 6.54. The van der Waals surface area contributed by atoms with E-state index in [0.717, 1.165) is 33.4 Å². The van der Waals surface area contributed by atoms with E-state index in [-0.39, 0.29) is 5.92 Å². The van der Waals surface area contributed by atoms with Crippen molar-refractivity contribution in [3.05, 3.63) is 179 Å². The molecule has 1 aliphatic rings. The minimum atomic E-state index is -1.37. The van der Waals surface area contributed by atoms with Gasteiger partial charge in [0, 0.05) is 5.92 Å². The predicted molar refractivity (Wildman–Crippen MR) is 184 cm³/mol. The van der Waals surface area contributed by atoms with Crippen molar-refractivity contribution < 1.29 is 24.1 Å². The first-order valence-electron chi connectivity index (χ1n) is 16.5. The second-order valence-corrected chi connectivity index (χ2v) is 12.5. The molecule has 6 rings (SSSR count). The van der Waals surface area contributed by atoms with Gasteiger partial charge in [-0.05, 0) is 41.2 Å². The van der Waals surface area contributed by atoms with Crippen LogP contribution in [0.5, 0.6) is 0 Å². The highest BCUT2D eigenvalue weighted by atomic mass is 16.6. The molecule has 0 bridgehead atoms. The molecular weight excluding hydrogens is 584 g/mol. The van der Waals surface area contributed by atoms with Crippen LogP contribution in [0.3, 0.4) is 0 Å². The maximum absolute atomic E-state index is 12.9. The van der Waals surface area contributed by atoms with Gasteiger partial charge in [-0.2, -0.15) is 0 Å². The van der Waals surface area contributed by atoms with Gasteiger partial charge in [0.05, 0.1) is 39.1 Å². The Bertz CT molecular complexity index is 1630. The molecular formula is C42H44O5. The number of ether oxygens (including phenoxy) is 4. The summed E-state index contributed by atoms with van der Waals surface area (Å²) in [5.74, 6) is -0.190. The van der Waals surface area contributed by atoms with Crippen LogP contribution in [0.15, 0.2) is 146 Å². The fraction of sp³-hybridized carbons (Fsp3) is 0.286. The largest absolute Gasteiger partial charge is 0.382 e. The average molecular weight is 629 g/mol. The van der Waals surface area contributed by atoms with Crippen LogP contribution >= 0.6 is 0 Å². The lowest BCUT2D eigenvalue weighted by atomic mass is 9.69. The number of aryl methyl sites for hydroxylation is 1. The van der Waals surface area contributed by atoms with E-state index in [9.17, 15) is 5.11 Å². The molecule has 0 radical (unpaired) electrons. The molecule has 5 nitrogen and oxygen atoms in total. The third-order valence-corrected chi connectivity index (χ3v) is 8.94. The first-order chi connectivity index (χ1) is 23.1. The summed E-state index contributed by atoms with van der Waals surface area (Å²) in [5, 5.41) is 12.9. The Morgan fingerprint density at radius 2 is 1.02 bits per heavy atom. The second-order valence-electron chi connectivity index (χ2n) is 12.5. The summed E-state index contributed by atoms with van der Waals surface area (Å²) in [5.41, 5.74) is 4.74. The van der Waals surface area contributed by atoms with E-state index in [4.69, 9.17) is 18.9 Å². The van der Waals surface area contributed by atoms with Crippen LogP contribution in [0.2, 0.25) is 0 Å². The number of hydrogen-bond donors (Lipinski definition) is 1. The lowest BCUT2D eigenvalue weighted by Gasteiger charge is -2.51. The van der Waals surface area contributed by atoms with Crippen molar-refractivity contribution in [3.63, 3.8) is 0 Å². The Morgan fingerprint density at radius 1 is 0.553 bits per heavy atom. The first-order valence-corrected chi connectivity index (χ1v) is 16.5. The molecule has 5 aromatic carbocycles. The van der Waals surface area contributed by atoms with Crippen molar-refractivity contribution in [1.82, 2.24) is 0 Å². The molecule has 47 heavy (non-hydrogen) atoms. The highest BCUT2D eigenvalue weighted by molar-refractivity contribution is 5.31. The average Bonchev–Trinajstić information content (AvgIpc) is 3.11. The molecule has 1 fully saturated rings. The van der Waals surface area contributed by atoms with Gasteiger partial charge < -0.3 is 24.1 Å². The van der Waals surface area contributed by atoms with Crippen LogP contribution in [-0.2, 0) is 51.0 Å². The van der Waals surface area contributed by atoms with Gasteiger partial charge in [-0.3, -0.25) is 0 Å². The summed E-state index contributed by atoms with van der Waals surface area (Å²) in [6.07, 6.45) is -1.36. The van der Waals surface area contributed by atoms with Crippen LogP contribution in [0.4, 0.5) is 0 Å². The standard InChI is InChI=1S/C42H44O5/c1-32-15-14-24-38(25-32)42(43)26-37(31-44-27-33-16-6-2-7-17-33)39(45-28-34-18-8-3-9-19-34)40(46-29-35-20-10-4-11-21-35)41(42)47-30-36-22-12-5-13-23-36/h2-25,37,39-41,43H,26-31H2,1H3/t37-,39-,40+,41-,42?/m1/s1. The molecule has 5 heteroatoms. The van der Waals surface area contributed by atoms with Crippen molar-refractivity contribution in [2.75, 3.05) is 6.61 Å². The molecule has 0 aliphatic heterocycles. The highest BCUT2D eigenvalue weighted by Crippen LogP contribution is 2.45. The molecule has 0 saturated heterocycles. The minimum Gasteiger partial charge on any atom is -0.382 e. The van der Waals surface area contributed by atoms with E-state index in [1.165, 1.54) is 0 Å². The van der Waals surface area contributed by atoms with Gasteiger partial charge in [0.25, 0.3) is 0 Å². The smallest absolute Gasteiger partial charge is 0.119 e.